The molecule has 1 heterocycles. The van der Waals surface area contributed by atoms with Crippen LogP contribution in [-0.4, -0.2) is 37.0 Å². The van der Waals surface area contributed by atoms with Crippen LogP contribution in [0.4, 0.5) is 0 Å². The molecule has 0 aliphatic rings. The van der Waals surface area contributed by atoms with Gasteiger partial charge in [0.15, 0.2) is 0 Å². The molecular weight excluding hydrogens is 228 g/mol. The van der Waals surface area contributed by atoms with Gasteiger partial charge in [0.05, 0.1) is 7.11 Å². The Hall–Kier alpha value is -1.55. The molecule has 0 N–H and O–H groups in total. The first kappa shape index (κ1) is 12.5. The summed E-state index contributed by atoms with van der Waals surface area (Å²) in [7, 11) is 4.89. The van der Waals surface area contributed by atoms with Crippen LogP contribution in [0.25, 0.3) is 6.08 Å². The zero-order chi connectivity index (χ0) is 12.1. The second-order valence-electron chi connectivity index (χ2n) is 3.33. The van der Waals surface area contributed by atoms with Crippen molar-refractivity contribution in [2.45, 2.75) is 0 Å². The number of nitrogens with zero attached hydrogens (tertiary/aromatic N) is 2. The predicted octanol–water partition coefficient (Wildman–Crippen LogP) is 1.84. The van der Waals surface area contributed by atoms with Gasteiger partial charge >= 0.3 is 0 Å². The first-order chi connectivity index (χ1) is 7.52. The van der Waals surface area contributed by atoms with Gasteiger partial charge in [0.1, 0.15) is 5.15 Å². The molecule has 0 saturated heterocycles. The quantitative estimate of drug-likeness (QED) is 0.598. The maximum atomic E-state index is 11.3. The second-order valence-corrected chi connectivity index (χ2v) is 3.72. The molecule has 1 amide bonds. The van der Waals surface area contributed by atoms with Crippen LogP contribution in [0.1, 0.15) is 5.56 Å². The number of methoxy groups -OCH3 is 1. The molecule has 0 aliphatic carbocycles. The molecule has 0 aliphatic heterocycles. The summed E-state index contributed by atoms with van der Waals surface area (Å²) in [5.74, 6) is 0.330. The van der Waals surface area contributed by atoms with E-state index in [9.17, 15) is 4.79 Å². The molecule has 0 radical (unpaired) electrons. The van der Waals surface area contributed by atoms with E-state index in [1.807, 2.05) is 0 Å². The van der Waals surface area contributed by atoms with Crippen LogP contribution >= 0.6 is 11.6 Å². The van der Waals surface area contributed by atoms with E-state index in [0.29, 0.717) is 11.0 Å². The number of hydrogen-bond donors (Lipinski definition) is 0. The Morgan fingerprint density at radius 1 is 1.50 bits per heavy atom. The second kappa shape index (κ2) is 5.51. The molecule has 0 bridgehead atoms. The highest BCUT2D eigenvalue weighted by atomic mass is 35.5. The lowest BCUT2D eigenvalue weighted by atomic mass is 10.2. The Bertz CT molecular complexity index is 416. The summed E-state index contributed by atoms with van der Waals surface area (Å²) >= 11 is 5.79. The summed E-state index contributed by atoms with van der Waals surface area (Å²) in [6.45, 7) is 0. The van der Waals surface area contributed by atoms with Crippen molar-refractivity contribution in [3.8, 4) is 5.88 Å². The van der Waals surface area contributed by atoms with E-state index in [1.165, 1.54) is 18.1 Å². The van der Waals surface area contributed by atoms with Gasteiger partial charge in [-0.2, -0.15) is 0 Å². The van der Waals surface area contributed by atoms with Crippen LogP contribution in [0.3, 0.4) is 0 Å². The lowest BCUT2D eigenvalue weighted by Crippen LogP contribution is -2.18. The summed E-state index contributed by atoms with van der Waals surface area (Å²) in [6.07, 6.45) is 3.13. The molecule has 1 aromatic heterocycles. The van der Waals surface area contributed by atoms with Crippen molar-refractivity contribution in [3.05, 3.63) is 28.9 Å². The van der Waals surface area contributed by atoms with Crippen LogP contribution in [0.2, 0.25) is 5.15 Å². The van der Waals surface area contributed by atoms with Gasteiger partial charge in [-0.1, -0.05) is 11.6 Å². The first-order valence-corrected chi connectivity index (χ1v) is 5.01. The molecule has 1 aromatic rings. The van der Waals surface area contributed by atoms with E-state index in [0.717, 1.165) is 5.56 Å². The highest BCUT2D eigenvalue weighted by Crippen LogP contribution is 2.16. The zero-order valence-electron chi connectivity index (χ0n) is 9.40. The summed E-state index contributed by atoms with van der Waals surface area (Å²) < 4.78 is 4.97. The average Bonchev–Trinajstić information content (AvgIpc) is 2.24. The van der Waals surface area contributed by atoms with Crippen LogP contribution in [0.15, 0.2) is 18.2 Å². The van der Waals surface area contributed by atoms with Gasteiger partial charge in [-0.05, 0) is 17.7 Å². The number of halogens is 1. The maximum Gasteiger partial charge on any atom is 0.246 e. The highest BCUT2D eigenvalue weighted by molar-refractivity contribution is 6.29. The zero-order valence-corrected chi connectivity index (χ0v) is 10.2. The summed E-state index contributed by atoms with van der Waals surface area (Å²) in [4.78, 5) is 16.7. The molecule has 0 saturated carbocycles. The van der Waals surface area contributed by atoms with Crippen molar-refractivity contribution in [1.82, 2.24) is 9.88 Å². The number of carbonyl (C=O) groups is 1. The van der Waals surface area contributed by atoms with Gasteiger partial charge < -0.3 is 9.64 Å². The third-order valence-corrected chi connectivity index (χ3v) is 2.05. The maximum absolute atomic E-state index is 11.3. The lowest BCUT2D eigenvalue weighted by molar-refractivity contribution is -0.123. The molecule has 0 aromatic carbocycles. The molecule has 1 rings (SSSR count). The summed E-state index contributed by atoms with van der Waals surface area (Å²) in [6, 6.07) is 3.36. The molecule has 4 nitrogen and oxygen atoms in total. The minimum absolute atomic E-state index is 0.0908. The van der Waals surface area contributed by atoms with Gasteiger partial charge in [-0.25, -0.2) is 4.98 Å². The molecule has 5 heteroatoms. The van der Waals surface area contributed by atoms with Crippen LogP contribution < -0.4 is 4.74 Å². The van der Waals surface area contributed by atoms with Crippen LogP contribution in [0.5, 0.6) is 5.88 Å². The highest BCUT2D eigenvalue weighted by Gasteiger charge is 2.00. The largest absolute Gasteiger partial charge is 0.481 e. The minimum Gasteiger partial charge on any atom is -0.481 e. The Kier molecular flexibility index (Phi) is 4.31. The topological polar surface area (TPSA) is 42.4 Å². The average molecular weight is 241 g/mol. The number of likely N-dealkylation sites (N-methyl/N-ethyl adjacent to an activating group) is 1. The van der Waals surface area contributed by atoms with E-state index in [2.05, 4.69) is 4.98 Å². The van der Waals surface area contributed by atoms with Crippen molar-refractivity contribution in [2.24, 2.45) is 0 Å². The Labute approximate surface area is 99.5 Å². The summed E-state index contributed by atoms with van der Waals surface area (Å²) in [5.41, 5.74) is 0.770. The molecule has 0 fully saturated rings. The summed E-state index contributed by atoms with van der Waals surface area (Å²) in [5, 5.41) is 0.330. The molecule has 86 valence electrons. The third-order valence-electron chi connectivity index (χ3n) is 1.86. The van der Waals surface area contributed by atoms with Crippen molar-refractivity contribution < 1.29 is 9.53 Å². The fourth-order valence-electron chi connectivity index (χ4n) is 1.01. The fourth-order valence-corrected chi connectivity index (χ4v) is 1.22. The van der Waals surface area contributed by atoms with E-state index >= 15 is 0 Å². The smallest absolute Gasteiger partial charge is 0.246 e. The Balaban J connectivity index is 2.89. The van der Waals surface area contributed by atoms with Gasteiger partial charge in [0, 0.05) is 26.2 Å². The molecular formula is C11H13ClN2O2. The Morgan fingerprint density at radius 3 is 2.75 bits per heavy atom. The molecule has 0 atom stereocenters. The van der Waals surface area contributed by atoms with Gasteiger partial charge in [0.2, 0.25) is 11.8 Å². The van der Waals surface area contributed by atoms with Crippen molar-refractivity contribution in [1.29, 1.82) is 0 Å². The van der Waals surface area contributed by atoms with Gasteiger partial charge in [-0.3, -0.25) is 4.79 Å². The number of carbonyl (C=O) groups excluding carboxylic acids is 1. The standard InChI is InChI=1S/C11H13ClN2O2/c1-14(2)11(15)5-4-8-6-9(12)13-10(7-8)16-3/h4-7H,1-3H3. The van der Waals surface area contributed by atoms with E-state index < -0.39 is 0 Å². The number of amides is 1. The predicted molar refractivity (Wildman–Crippen MR) is 63.5 cm³/mol. The van der Waals surface area contributed by atoms with Gasteiger partial charge in [0.25, 0.3) is 0 Å². The van der Waals surface area contributed by atoms with Crippen LogP contribution in [0, 0.1) is 0 Å². The number of aromatic nitrogens is 1. The van der Waals surface area contributed by atoms with Crippen molar-refractivity contribution in [3.63, 3.8) is 0 Å². The van der Waals surface area contributed by atoms with Crippen molar-refractivity contribution >= 4 is 23.6 Å². The first-order valence-electron chi connectivity index (χ1n) is 4.64. The van der Waals surface area contributed by atoms with Crippen molar-refractivity contribution in [2.75, 3.05) is 21.2 Å². The number of hydrogen-bond acceptors (Lipinski definition) is 3. The third kappa shape index (κ3) is 3.55. The normalized spacial score (nSPS) is 10.5. The van der Waals surface area contributed by atoms with Gasteiger partial charge in [-0.15, -0.1) is 0 Å². The molecule has 16 heavy (non-hydrogen) atoms. The molecule has 0 spiro atoms. The lowest BCUT2D eigenvalue weighted by Gasteiger charge is -2.05. The number of rotatable bonds is 3. The monoisotopic (exact) mass is 240 g/mol. The van der Waals surface area contributed by atoms with E-state index in [-0.39, 0.29) is 5.91 Å². The Morgan fingerprint density at radius 2 is 2.19 bits per heavy atom. The SMILES string of the molecule is COc1cc(C=CC(=O)N(C)C)cc(Cl)n1. The van der Waals surface area contributed by atoms with E-state index in [4.69, 9.17) is 16.3 Å². The minimum atomic E-state index is -0.0908. The van der Waals surface area contributed by atoms with Crippen LogP contribution in [-0.2, 0) is 4.79 Å². The number of pyridine rings is 1. The number of ether oxygens (including phenoxy) is 1. The fraction of sp³-hybridized carbons (Fsp3) is 0.273. The van der Waals surface area contributed by atoms with E-state index in [1.54, 1.807) is 32.3 Å². The molecule has 0 unspecified atom stereocenters.